The molecule has 0 saturated carbocycles. The van der Waals surface area contributed by atoms with E-state index < -0.39 is 0 Å². The summed E-state index contributed by atoms with van der Waals surface area (Å²) in [6.45, 7) is 2.71. The van der Waals surface area contributed by atoms with Gasteiger partial charge in [-0.3, -0.25) is 18.7 Å². The summed E-state index contributed by atoms with van der Waals surface area (Å²) in [4.78, 5) is 40.9. The predicted molar refractivity (Wildman–Crippen MR) is 99.6 cm³/mol. The first-order valence-corrected chi connectivity index (χ1v) is 9.32. The van der Waals surface area contributed by atoms with Crippen molar-refractivity contribution in [2.45, 2.75) is 18.9 Å². The second-order valence-corrected chi connectivity index (χ2v) is 7.22. The minimum absolute atomic E-state index is 0.0419. The van der Waals surface area contributed by atoms with Crippen LogP contribution in [0.25, 0.3) is 11.0 Å². The van der Waals surface area contributed by atoms with Crippen LogP contribution in [0, 0.1) is 0 Å². The summed E-state index contributed by atoms with van der Waals surface area (Å²) < 4.78 is 8.59. The number of ether oxygens (including phenoxy) is 1. The van der Waals surface area contributed by atoms with E-state index in [0.29, 0.717) is 38.3 Å². The molecule has 2 aromatic rings. The van der Waals surface area contributed by atoms with Crippen molar-refractivity contribution >= 4 is 22.8 Å². The quantitative estimate of drug-likeness (QED) is 0.762. The van der Waals surface area contributed by atoms with E-state index in [2.05, 4.69) is 0 Å². The molecule has 0 spiro atoms. The molecule has 1 unspecified atom stereocenters. The Balaban J connectivity index is 1.46. The Kier molecular flexibility index (Phi) is 4.51. The lowest BCUT2D eigenvalue weighted by atomic mass is 10.1. The number of aromatic nitrogens is 2. The van der Waals surface area contributed by atoms with Crippen LogP contribution in [0.15, 0.2) is 23.0 Å². The average molecular weight is 372 g/mol. The van der Waals surface area contributed by atoms with Crippen molar-refractivity contribution in [3.05, 3.63) is 34.2 Å². The maximum Gasteiger partial charge on any atom is 0.328 e. The Hall–Kier alpha value is -2.61. The number of amides is 2. The number of carbonyl (C=O) groups is 2. The zero-order valence-electron chi connectivity index (χ0n) is 15.7. The molecule has 2 fully saturated rings. The third-order valence-electron chi connectivity index (χ3n) is 5.60. The van der Waals surface area contributed by atoms with Crippen molar-refractivity contribution in [1.82, 2.24) is 18.9 Å². The number of benzene rings is 1. The Morgan fingerprint density at radius 1 is 1.00 bits per heavy atom. The minimum Gasteiger partial charge on any atom is -0.368 e. The van der Waals surface area contributed by atoms with Gasteiger partial charge in [-0.1, -0.05) is 0 Å². The van der Waals surface area contributed by atoms with Crippen molar-refractivity contribution in [2.75, 3.05) is 32.8 Å². The molecule has 2 aliphatic rings. The number of hydrogen-bond donors (Lipinski definition) is 0. The summed E-state index contributed by atoms with van der Waals surface area (Å²) in [6.07, 6.45) is 1.40. The van der Waals surface area contributed by atoms with E-state index in [1.807, 2.05) is 0 Å². The van der Waals surface area contributed by atoms with Gasteiger partial charge in [0.1, 0.15) is 6.10 Å². The van der Waals surface area contributed by atoms with Crippen LogP contribution >= 0.6 is 0 Å². The lowest BCUT2D eigenvalue weighted by Gasteiger charge is -2.35. The number of aryl methyl sites for hydroxylation is 2. The molecule has 144 valence electrons. The zero-order chi connectivity index (χ0) is 19.1. The van der Waals surface area contributed by atoms with Crippen LogP contribution in [0.5, 0.6) is 0 Å². The largest absolute Gasteiger partial charge is 0.368 e. The second-order valence-electron chi connectivity index (χ2n) is 7.22. The van der Waals surface area contributed by atoms with Crippen LogP contribution in [0.1, 0.15) is 23.2 Å². The van der Waals surface area contributed by atoms with Gasteiger partial charge in [0.2, 0.25) is 0 Å². The summed E-state index contributed by atoms with van der Waals surface area (Å²) in [5.74, 6) is -0.0299. The molecule has 1 atom stereocenters. The number of hydrogen-bond acceptors (Lipinski definition) is 4. The highest BCUT2D eigenvalue weighted by Gasteiger charge is 2.31. The molecule has 1 aromatic carbocycles. The van der Waals surface area contributed by atoms with Gasteiger partial charge in [0.25, 0.3) is 11.8 Å². The molecule has 0 radical (unpaired) electrons. The smallest absolute Gasteiger partial charge is 0.328 e. The van der Waals surface area contributed by atoms with E-state index in [1.165, 1.54) is 0 Å². The van der Waals surface area contributed by atoms with Crippen LogP contribution in [0.4, 0.5) is 0 Å². The van der Waals surface area contributed by atoms with Gasteiger partial charge in [-0.25, -0.2) is 4.79 Å². The van der Waals surface area contributed by atoms with Gasteiger partial charge in [0.05, 0.1) is 11.0 Å². The highest BCUT2D eigenvalue weighted by Crippen LogP contribution is 2.18. The Labute approximate surface area is 156 Å². The van der Waals surface area contributed by atoms with E-state index in [-0.39, 0.29) is 23.6 Å². The van der Waals surface area contributed by atoms with E-state index in [0.717, 1.165) is 23.9 Å². The molecule has 2 amide bonds. The molecule has 27 heavy (non-hydrogen) atoms. The third-order valence-corrected chi connectivity index (χ3v) is 5.60. The number of piperazine rings is 1. The van der Waals surface area contributed by atoms with Crippen molar-refractivity contribution in [1.29, 1.82) is 0 Å². The molecule has 8 nitrogen and oxygen atoms in total. The predicted octanol–water partition coefficient (Wildman–Crippen LogP) is 0.340. The molecule has 0 N–H and O–H groups in total. The first-order valence-electron chi connectivity index (χ1n) is 9.32. The monoisotopic (exact) mass is 372 g/mol. The van der Waals surface area contributed by atoms with Crippen LogP contribution < -0.4 is 5.69 Å². The van der Waals surface area contributed by atoms with Crippen LogP contribution in [0.2, 0.25) is 0 Å². The second kappa shape index (κ2) is 6.84. The van der Waals surface area contributed by atoms with Crippen LogP contribution in [0.3, 0.4) is 0 Å². The lowest BCUT2D eigenvalue weighted by molar-refractivity contribution is -0.142. The molecule has 1 aromatic heterocycles. The summed E-state index contributed by atoms with van der Waals surface area (Å²) >= 11 is 0. The Morgan fingerprint density at radius 3 is 2.33 bits per heavy atom. The summed E-state index contributed by atoms with van der Waals surface area (Å²) in [5.41, 5.74) is 1.98. The summed E-state index contributed by atoms with van der Waals surface area (Å²) in [5, 5.41) is 0. The fourth-order valence-corrected chi connectivity index (χ4v) is 3.93. The normalized spacial score (nSPS) is 20.4. The van der Waals surface area contributed by atoms with Gasteiger partial charge in [0.15, 0.2) is 0 Å². The van der Waals surface area contributed by atoms with Gasteiger partial charge >= 0.3 is 5.69 Å². The summed E-state index contributed by atoms with van der Waals surface area (Å²) in [6, 6.07) is 5.33. The highest BCUT2D eigenvalue weighted by molar-refractivity contribution is 5.97. The molecule has 0 aliphatic carbocycles. The average Bonchev–Trinajstić information content (AvgIpc) is 3.31. The Morgan fingerprint density at radius 2 is 1.67 bits per heavy atom. The van der Waals surface area contributed by atoms with E-state index in [4.69, 9.17) is 4.74 Å². The molecule has 8 heteroatoms. The zero-order valence-corrected chi connectivity index (χ0v) is 15.7. The number of nitrogens with zero attached hydrogens (tertiary/aromatic N) is 4. The maximum absolute atomic E-state index is 12.9. The van der Waals surface area contributed by atoms with E-state index in [9.17, 15) is 14.4 Å². The van der Waals surface area contributed by atoms with Gasteiger partial charge in [-0.05, 0) is 31.0 Å². The lowest BCUT2D eigenvalue weighted by Crippen LogP contribution is -2.52. The minimum atomic E-state index is -0.311. The summed E-state index contributed by atoms with van der Waals surface area (Å²) in [7, 11) is 3.42. The SMILES string of the molecule is Cn1c(=O)n(C)c2cc(C(=O)N3CCN(C(=O)C4CCCO4)CC3)ccc21. The fourth-order valence-electron chi connectivity index (χ4n) is 3.93. The van der Waals surface area contributed by atoms with Crippen LogP contribution in [-0.2, 0) is 23.6 Å². The van der Waals surface area contributed by atoms with Crippen molar-refractivity contribution in [2.24, 2.45) is 14.1 Å². The molecule has 4 rings (SSSR count). The molecular weight excluding hydrogens is 348 g/mol. The maximum atomic E-state index is 12.9. The molecule has 0 bridgehead atoms. The van der Waals surface area contributed by atoms with Gasteiger partial charge in [0, 0.05) is 52.4 Å². The third kappa shape index (κ3) is 3.03. The van der Waals surface area contributed by atoms with E-state index >= 15 is 0 Å². The fraction of sp³-hybridized carbons (Fsp3) is 0.526. The number of carbonyl (C=O) groups excluding carboxylic acids is 2. The van der Waals surface area contributed by atoms with Crippen LogP contribution in [-0.4, -0.2) is 69.6 Å². The first kappa shape index (κ1) is 17.8. The van der Waals surface area contributed by atoms with Gasteiger partial charge < -0.3 is 14.5 Å². The first-order chi connectivity index (χ1) is 13.0. The van der Waals surface area contributed by atoms with Gasteiger partial charge in [-0.15, -0.1) is 0 Å². The molecule has 3 heterocycles. The van der Waals surface area contributed by atoms with Gasteiger partial charge in [-0.2, -0.15) is 0 Å². The molecular formula is C19H24N4O4. The standard InChI is InChI=1S/C19H24N4O4/c1-20-14-6-5-13(12-15(14)21(2)19(20)26)17(24)22-7-9-23(10-8-22)18(25)16-4-3-11-27-16/h5-6,12,16H,3-4,7-11H2,1-2H3. The van der Waals surface area contributed by atoms with Crippen molar-refractivity contribution < 1.29 is 14.3 Å². The van der Waals surface area contributed by atoms with Crippen molar-refractivity contribution in [3.8, 4) is 0 Å². The topological polar surface area (TPSA) is 76.8 Å². The van der Waals surface area contributed by atoms with E-state index in [1.54, 1.807) is 51.2 Å². The molecule has 2 aliphatic heterocycles. The highest BCUT2D eigenvalue weighted by atomic mass is 16.5. The number of imidazole rings is 1. The Bertz CT molecular complexity index is 947. The van der Waals surface area contributed by atoms with Crippen molar-refractivity contribution in [3.63, 3.8) is 0 Å². The molecule has 2 saturated heterocycles. The number of fused-ring (bicyclic) bond motifs is 1. The number of rotatable bonds is 2.